The van der Waals surface area contributed by atoms with E-state index in [4.69, 9.17) is 5.73 Å². The minimum atomic E-state index is -0.494. The zero-order valence-corrected chi connectivity index (χ0v) is 13.7. The molecule has 3 N–H and O–H groups in total. The van der Waals surface area contributed by atoms with Gasteiger partial charge in [-0.25, -0.2) is 0 Å². The largest absolute Gasteiger partial charge is 0.329 e. The number of carbonyl (C=O) groups excluding carboxylic acids is 1. The van der Waals surface area contributed by atoms with Gasteiger partial charge in [-0.15, -0.1) is 0 Å². The Morgan fingerprint density at radius 1 is 1.52 bits per heavy atom. The van der Waals surface area contributed by atoms with Crippen molar-refractivity contribution >= 4 is 27.5 Å². The molecule has 0 atom stereocenters. The lowest BCUT2D eigenvalue weighted by molar-refractivity contribution is -0.127. The number of hydrogen-bond acceptors (Lipinski definition) is 3. The van der Waals surface area contributed by atoms with Crippen LogP contribution in [0.15, 0.2) is 22.7 Å². The number of rotatable bonds is 3. The summed E-state index contributed by atoms with van der Waals surface area (Å²) in [6.45, 7) is 2.56. The van der Waals surface area contributed by atoms with Crippen molar-refractivity contribution in [2.45, 2.75) is 32.6 Å². The van der Waals surface area contributed by atoms with E-state index in [2.05, 4.69) is 34.2 Å². The molecule has 0 aromatic heterocycles. The summed E-state index contributed by atoms with van der Waals surface area (Å²) in [6, 6.07) is 7.37. The second kappa shape index (κ2) is 6.59. The molecule has 0 radical (unpaired) electrons. The highest BCUT2D eigenvalue weighted by atomic mass is 79.9. The van der Waals surface area contributed by atoms with E-state index in [0.29, 0.717) is 23.7 Å². The first-order valence-corrected chi connectivity index (χ1v) is 8.01. The van der Waals surface area contributed by atoms with Crippen LogP contribution in [-0.2, 0) is 4.79 Å². The van der Waals surface area contributed by atoms with E-state index in [-0.39, 0.29) is 5.91 Å². The fourth-order valence-corrected chi connectivity index (χ4v) is 3.17. The van der Waals surface area contributed by atoms with Gasteiger partial charge in [-0.1, -0.05) is 22.9 Å². The quantitative estimate of drug-likeness (QED) is 0.877. The van der Waals surface area contributed by atoms with Crippen LogP contribution in [0.5, 0.6) is 0 Å². The number of halogens is 1. The zero-order chi connectivity index (χ0) is 15.5. The first-order valence-electron chi connectivity index (χ1n) is 7.22. The Balaban J connectivity index is 2.19. The Kier molecular flexibility index (Phi) is 5.02. The molecule has 0 heterocycles. The van der Waals surface area contributed by atoms with Crippen molar-refractivity contribution in [1.82, 2.24) is 0 Å². The highest BCUT2D eigenvalue weighted by molar-refractivity contribution is 9.10. The van der Waals surface area contributed by atoms with Gasteiger partial charge in [0.05, 0.1) is 16.7 Å². The van der Waals surface area contributed by atoms with E-state index in [0.717, 1.165) is 30.2 Å². The highest BCUT2D eigenvalue weighted by Crippen LogP contribution is 2.39. The van der Waals surface area contributed by atoms with Crippen molar-refractivity contribution in [3.8, 4) is 6.07 Å². The summed E-state index contributed by atoms with van der Waals surface area (Å²) >= 11 is 3.33. The first kappa shape index (κ1) is 16.0. The van der Waals surface area contributed by atoms with E-state index in [1.54, 1.807) is 12.1 Å². The standard InChI is InChI=1S/C16H20BrN3O/c1-11-4-6-16(10-19,7-5-11)15(21)20-14-3-2-13(17)8-12(14)9-18/h2-3,8,11H,4-7,10,19H2,1H3,(H,20,21). The molecule has 1 saturated carbocycles. The number of nitriles is 1. The van der Waals surface area contributed by atoms with Crippen LogP contribution in [-0.4, -0.2) is 12.5 Å². The van der Waals surface area contributed by atoms with E-state index in [9.17, 15) is 10.1 Å². The molecule has 0 aliphatic heterocycles. The summed E-state index contributed by atoms with van der Waals surface area (Å²) in [5.41, 5.74) is 6.41. The molecule has 1 fully saturated rings. The summed E-state index contributed by atoms with van der Waals surface area (Å²) in [6.07, 6.45) is 3.68. The van der Waals surface area contributed by atoms with Crippen LogP contribution in [0, 0.1) is 22.7 Å². The summed E-state index contributed by atoms with van der Waals surface area (Å²) in [5.74, 6) is 0.593. The van der Waals surface area contributed by atoms with Crippen LogP contribution in [0.2, 0.25) is 0 Å². The number of nitrogens with two attached hydrogens (primary N) is 1. The van der Waals surface area contributed by atoms with Crippen LogP contribution in [0.3, 0.4) is 0 Å². The van der Waals surface area contributed by atoms with Crippen molar-refractivity contribution in [2.24, 2.45) is 17.1 Å². The van der Waals surface area contributed by atoms with E-state index in [1.807, 2.05) is 6.07 Å². The zero-order valence-electron chi connectivity index (χ0n) is 12.2. The summed E-state index contributed by atoms with van der Waals surface area (Å²) < 4.78 is 0.817. The summed E-state index contributed by atoms with van der Waals surface area (Å²) in [5, 5.41) is 12.1. The summed E-state index contributed by atoms with van der Waals surface area (Å²) in [7, 11) is 0. The molecule has 2 rings (SSSR count). The van der Waals surface area contributed by atoms with E-state index >= 15 is 0 Å². The molecule has 0 unspecified atom stereocenters. The lowest BCUT2D eigenvalue weighted by Gasteiger charge is -2.37. The van der Waals surface area contributed by atoms with Crippen LogP contribution in [0.1, 0.15) is 38.2 Å². The minimum Gasteiger partial charge on any atom is -0.329 e. The lowest BCUT2D eigenvalue weighted by atomic mass is 9.70. The fourth-order valence-electron chi connectivity index (χ4n) is 2.81. The maximum Gasteiger partial charge on any atom is 0.231 e. The molecule has 0 spiro atoms. The van der Waals surface area contributed by atoms with Gasteiger partial charge in [-0.05, 0) is 49.8 Å². The third-order valence-electron chi connectivity index (χ3n) is 4.45. The highest BCUT2D eigenvalue weighted by Gasteiger charge is 2.40. The molecule has 0 saturated heterocycles. The van der Waals surface area contributed by atoms with Crippen molar-refractivity contribution in [1.29, 1.82) is 5.26 Å². The van der Waals surface area contributed by atoms with Gasteiger partial charge in [-0.3, -0.25) is 4.79 Å². The van der Waals surface area contributed by atoms with Gasteiger partial charge < -0.3 is 11.1 Å². The molecule has 21 heavy (non-hydrogen) atoms. The molecule has 5 heteroatoms. The number of hydrogen-bond donors (Lipinski definition) is 2. The first-order chi connectivity index (χ1) is 10.0. The topological polar surface area (TPSA) is 78.9 Å². The molecule has 1 aliphatic rings. The van der Waals surface area contributed by atoms with Gasteiger partial charge in [0, 0.05) is 11.0 Å². The number of anilines is 1. The number of nitrogens with zero attached hydrogens (tertiary/aromatic N) is 1. The average molecular weight is 350 g/mol. The smallest absolute Gasteiger partial charge is 0.231 e. The minimum absolute atomic E-state index is 0.0595. The second-order valence-electron chi connectivity index (χ2n) is 5.92. The van der Waals surface area contributed by atoms with Crippen molar-refractivity contribution < 1.29 is 4.79 Å². The van der Waals surface area contributed by atoms with Crippen LogP contribution >= 0.6 is 15.9 Å². The molecule has 1 aromatic rings. The Bertz CT molecular complexity index is 571. The van der Waals surface area contributed by atoms with E-state index < -0.39 is 5.41 Å². The van der Waals surface area contributed by atoms with Gasteiger partial charge in [0.2, 0.25) is 5.91 Å². The number of amides is 1. The Morgan fingerprint density at radius 2 is 2.19 bits per heavy atom. The van der Waals surface area contributed by atoms with Gasteiger partial charge in [-0.2, -0.15) is 5.26 Å². The predicted molar refractivity (Wildman–Crippen MR) is 86.6 cm³/mol. The normalized spacial score (nSPS) is 25.1. The molecule has 1 aromatic carbocycles. The predicted octanol–water partition coefficient (Wildman–Crippen LogP) is 3.41. The van der Waals surface area contributed by atoms with Crippen LogP contribution in [0.25, 0.3) is 0 Å². The fraction of sp³-hybridized carbons (Fsp3) is 0.500. The monoisotopic (exact) mass is 349 g/mol. The van der Waals surface area contributed by atoms with Gasteiger partial charge in [0.1, 0.15) is 6.07 Å². The van der Waals surface area contributed by atoms with E-state index in [1.165, 1.54) is 0 Å². The van der Waals surface area contributed by atoms with Gasteiger partial charge >= 0.3 is 0 Å². The maximum absolute atomic E-state index is 12.7. The molecular formula is C16H20BrN3O. The van der Waals surface area contributed by atoms with Crippen molar-refractivity contribution in [3.05, 3.63) is 28.2 Å². The number of carbonyl (C=O) groups is 1. The van der Waals surface area contributed by atoms with Crippen LogP contribution < -0.4 is 11.1 Å². The summed E-state index contributed by atoms with van der Waals surface area (Å²) in [4.78, 5) is 12.7. The number of nitrogens with one attached hydrogen (secondary N) is 1. The van der Waals surface area contributed by atoms with Gasteiger partial charge in [0.15, 0.2) is 0 Å². The Labute approximate surface area is 133 Å². The Hall–Kier alpha value is -1.38. The molecule has 1 aliphatic carbocycles. The number of benzene rings is 1. The molecule has 1 amide bonds. The molecule has 4 nitrogen and oxygen atoms in total. The van der Waals surface area contributed by atoms with Crippen LogP contribution in [0.4, 0.5) is 5.69 Å². The second-order valence-corrected chi connectivity index (χ2v) is 6.84. The molecule has 112 valence electrons. The molecule has 0 bridgehead atoms. The molecular weight excluding hydrogens is 330 g/mol. The van der Waals surface area contributed by atoms with Crippen molar-refractivity contribution in [2.75, 3.05) is 11.9 Å². The average Bonchev–Trinajstić information content (AvgIpc) is 2.50. The maximum atomic E-state index is 12.7. The third-order valence-corrected chi connectivity index (χ3v) is 4.95. The van der Waals surface area contributed by atoms with Gasteiger partial charge in [0.25, 0.3) is 0 Å². The SMILES string of the molecule is CC1CCC(CN)(C(=O)Nc2ccc(Br)cc2C#N)CC1. The lowest BCUT2D eigenvalue weighted by Crippen LogP contribution is -2.44. The Morgan fingerprint density at radius 3 is 2.76 bits per heavy atom. The third kappa shape index (κ3) is 3.45. The van der Waals surface area contributed by atoms with Crippen molar-refractivity contribution in [3.63, 3.8) is 0 Å².